The smallest absolute Gasteiger partial charge is 0.0786 e. The van der Waals surface area contributed by atoms with Gasteiger partial charge in [-0.1, -0.05) is 11.6 Å². The third kappa shape index (κ3) is 2.16. The molecule has 0 aromatic heterocycles. The number of hydrogen-bond acceptors (Lipinski definition) is 2. The number of alkyl halides is 1. The summed E-state index contributed by atoms with van der Waals surface area (Å²) in [4.78, 5) is 0. The lowest BCUT2D eigenvalue weighted by Gasteiger charge is -2.38. The Bertz CT molecular complexity index is 296. The largest absolute Gasteiger partial charge is 0.374 e. The van der Waals surface area contributed by atoms with E-state index in [-0.39, 0.29) is 5.60 Å². The average molecular weight is 259 g/mol. The molecule has 0 bridgehead atoms. The van der Waals surface area contributed by atoms with Gasteiger partial charge >= 0.3 is 0 Å². The molecule has 2 heterocycles. The van der Waals surface area contributed by atoms with E-state index in [1.165, 1.54) is 37.2 Å². The van der Waals surface area contributed by atoms with Gasteiger partial charge in [0.15, 0.2) is 0 Å². The molecule has 1 nitrogen and oxygen atoms in total. The minimum Gasteiger partial charge on any atom is -0.374 e. The lowest BCUT2D eigenvalue weighted by atomic mass is 9.81. The maximum atomic E-state index is 6.17. The van der Waals surface area contributed by atoms with E-state index in [1.807, 2.05) is 0 Å². The predicted octanol–water partition coefficient (Wildman–Crippen LogP) is 3.62. The molecule has 2 aliphatic heterocycles. The van der Waals surface area contributed by atoms with E-state index in [1.54, 1.807) is 5.57 Å². The Balaban J connectivity index is 1.70. The first kappa shape index (κ1) is 11.4. The Morgan fingerprint density at radius 3 is 3.06 bits per heavy atom. The van der Waals surface area contributed by atoms with Crippen molar-refractivity contribution in [1.29, 1.82) is 0 Å². The summed E-state index contributed by atoms with van der Waals surface area (Å²) >= 11 is 8.22. The molecule has 3 atom stereocenters. The first-order valence-corrected chi connectivity index (χ1v) is 7.93. The highest BCUT2D eigenvalue weighted by Gasteiger charge is 2.41. The van der Waals surface area contributed by atoms with Crippen LogP contribution in [-0.2, 0) is 4.74 Å². The van der Waals surface area contributed by atoms with Crippen LogP contribution in [0.5, 0.6) is 0 Å². The third-order valence-corrected chi connectivity index (χ3v) is 5.76. The van der Waals surface area contributed by atoms with Crippen molar-refractivity contribution < 1.29 is 4.74 Å². The number of rotatable bonds is 1. The van der Waals surface area contributed by atoms with Crippen molar-refractivity contribution in [2.75, 3.05) is 18.1 Å². The Labute approximate surface area is 107 Å². The number of halogens is 1. The first-order chi connectivity index (χ1) is 7.77. The maximum Gasteiger partial charge on any atom is 0.0786 e. The van der Waals surface area contributed by atoms with E-state index in [0.717, 1.165) is 18.9 Å². The molecule has 1 aliphatic carbocycles. The van der Waals surface area contributed by atoms with Crippen molar-refractivity contribution in [3.8, 4) is 0 Å². The molecule has 90 valence electrons. The zero-order chi connectivity index (χ0) is 11.0. The zero-order valence-corrected chi connectivity index (χ0v) is 11.2. The molecule has 0 amide bonds. The summed E-state index contributed by atoms with van der Waals surface area (Å²) in [6.45, 7) is 0.954. The Morgan fingerprint density at radius 2 is 2.38 bits per heavy atom. The van der Waals surface area contributed by atoms with E-state index < -0.39 is 0 Å². The molecule has 3 aliphatic rings. The fourth-order valence-corrected chi connectivity index (χ4v) is 4.90. The Hall–Kier alpha value is 0.340. The highest BCUT2D eigenvalue weighted by atomic mass is 35.5. The van der Waals surface area contributed by atoms with Gasteiger partial charge in [-0.05, 0) is 43.8 Å². The van der Waals surface area contributed by atoms with Gasteiger partial charge in [-0.3, -0.25) is 0 Å². The SMILES string of the molecule is ClC1C=C(C2CCOC3(CCSC3)C2)CC1. The molecule has 0 saturated carbocycles. The maximum absolute atomic E-state index is 6.17. The molecule has 0 aromatic carbocycles. The van der Waals surface area contributed by atoms with E-state index in [4.69, 9.17) is 16.3 Å². The van der Waals surface area contributed by atoms with Gasteiger partial charge in [0.25, 0.3) is 0 Å². The zero-order valence-electron chi connectivity index (χ0n) is 9.58. The predicted molar refractivity (Wildman–Crippen MR) is 70.3 cm³/mol. The van der Waals surface area contributed by atoms with Crippen LogP contribution < -0.4 is 0 Å². The number of allylic oxidation sites excluding steroid dienone is 2. The number of ether oxygens (including phenoxy) is 1. The average Bonchev–Trinajstić information content (AvgIpc) is 2.89. The first-order valence-electron chi connectivity index (χ1n) is 6.34. The van der Waals surface area contributed by atoms with E-state index in [9.17, 15) is 0 Å². The lowest BCUT2D eigenvalue weighted by Crippen LogP contribution is -2.40. The van der Waals surface area contributed by atoms with E-state index in [0.29, 0.717) is 5.38 Å². The standard InChI is InChI=1S/C13H19ClOS/c14-12-2-1-10(7-12)11-3-5-15-13(8-11)4-6-16-9-13/h7,11-12H,1-6,8-9H2. The summed E-state index contributed by atoms with van der Waals surface area (Å²) in [7, 11) is 0. The quantitative estimate of drug-likeness (QED) is 0.525. The fourth-order valence-electron chi connectivity index (χ4n) is 3.25. The molecule has 2 fully saturated rings. The molecule has 2 saturated heterocycles. The van der Waals surface area contributed by atoms with Crippen molar-refractivity contribution in [2.45, 2.75) is 43.1 Å². The van der Waals surface area contributed by atoms with Crippen LogP contribution in [0, 0.1) is 5.92 Å². The van der Waals surface area contributed by atoms with Crippen LogP contribution in [0.15, 0.2) is 11.6 Å². The van der Waals surface area contributed by atoms with Crippen molar-refractivity contribution in [1.82, 2.24) is 0 Å². The molecule has 0 aromatic rings. The van der Waals surface area contributed by atoms with Gasteiger partial charge in [0.05, 0.1) is 11.0 Å². The summed E-state index contributed by atoms with van der Waals surface area (Å²) in [6, 6.07) is 0. The molecule has 1 spiro atoms. The third-order valence-electron chi connectivity index (χ3n) is 4.19. The highest BCUT2D eigenvalue weighted by Crippen LogP contribution is 2.44. The highest BCUT2D eigenvalue weighted by molar-refractivity contribution is 7.99. The van der Waals surface area contributed by atoms with Crippen LogP contribution in [0.1, 0.15) is 32.1 Å². The molecule has 0 N–H and O–H groups in total. The molecule has 16 heavy (non-hydrogen) atoms. The van der Waals surface area contributed by atoms with Crippen LogP contribution >= 0.6 is 23.4 Å². The molecule has 0 radical (unpaired) electrons. The Kier molecular flexibility index (Phi) is 3.25. The van der Waals surface area contributed by atoms with Crippen LogP contribution in [-0.4, -0.2) is 29.1 Å². The van der Waals surface area contributed by atoms with Gasteiger partial charge < -0.3 is 4.74 Å². The van der Waals surface area contributed by atoms with Crippen LogP contribution in [0.3, 0.4) is 0 Å². The Morgan fingerprint density at radius 1 is 1.44 bits per heavy atom. The van der Waals surface area contributed by atoms with Crippen LogP contribution in [0.4, 0.5) is 0 Å². The monoisotopic (exact) mass is 258 g/mol. The fraction of sp³-hybridized carbons (Fsp3) is 0.846. The van der Waals surface area contributed by atoms with E-state index >= 15 is 0 Å². The lowest BCUT2D eigenvalue weighted by molar-refractivity contribution is -0.0737. The van der Waals surface area contributed by atoms with Gasteiger partial charge in [0.2, 0.25) is 0 Å². The van der Waals surface area contributed by atoms with Crippen molar-refractivity contribution in [2.24, 2.45) is 5.92 Å². The topological polar surface area (TPSA) is 9.23 Å². The molecular weight excluding hydrogens is 240 g/mol. The molecule has 3 heteroatoms. The molecule has 3 unspecified atom stereocenters. The second kappa shape index (κ2) is 4.55. The van der Waals surface area contributed by atoms with Gasteiger partial charge in [0, 0.05) is 12.4 Å². The van der Waals surface area contributed by atoms with Crippen molar-refractivity contribution in [3.05, 3.63) is 11.6 Å². The van der Waals surface area contributed by atoms with Gasteiger partial charge in [0.1, 0.15) is 0 Å². The van der Waals surface area contributed by atoms with Gasteiger partial charge in [-0.25, -0.2) is 0 Å². The summed E-state index contributed by atoms with van der Waals surface area (Å²) in [5.41, 5.74) is 1.85. The van der Waals surface area contributed by atoms with Crippen molar-refractivity contribution in [3.63, 3.8) is 0 Å². The van der Waals surface area contributed by atoms with Gasteiger partial charge in [-0.2, -0.15) is 11.8 Å². The number of thioether (sulfide) groups is 1. The van der Waals surface area contributed by atoms with Gasteiger partial charge in [-0.15, -0.1) is 11.6 Å². The molecule has 3 rings (SSSR count). The summed E-state index contributed by atoms with van der Waals surface area (Å²) in [6.07, 6.45) is 8.40. The second-order valence-corrected chi connectivity index (χ2v) is 6.99. The minimum atomic E-state index is 0.221. The van der Waals surface area contributed by atoms with E-state index in [2.05, 4.69) is 17.8 Å². The summed E-state index contributed by atoms with van der Waals surface area (Å²) in [5.74, 6) is 3.25. The normalized spacial score (nSPS) is 43.9. The minimum absolute atomic E-state index is 0.221. The summed E-state index contributed by atoms with van der Waals surface area (Å²) in [5, 5.41) is 0.298. The van der Waals surface area contributed by atoms with Crippen LogP contribution in [0.25, 0.3) is 0 Å². The van der Waals surface area contributed by atoms with Crippen LogP contribution in [0.2, 0.25) is 0 Å². The molecular formula is C13H19ClOS. The second-order valence-electron chi connectivity index (χ2n) is 5.32. The summed E-state index contributed by atoms with van der Waals surface area (Å²) < 4.78 is 6.06. The van der Waals surface area contributed by atoms with Crippen molar-refractivity contribution >= 4 is 23.4 Å². The number of hydrogen-bond donors (Lipinski definition) is 0.